The van der Waals surface area contributed by atoms with Gasteiger partial charge in [-0.1, -0.05) is 23.7 Å². The Bertz CT molecular complexity index is 765. The van der Waals surface area contributed by atoms with E-state index in [0.717, 1.165) is 16.8 Å². The van der Waals surface area contributed by atoms with Crippen LogP contribution in [-0.2, 0) is 0 Å². The number of thiocarbonyl (C=S) groups is 1. The topological polar surface area (TPSA) is 73.4 Å². The van der Waals surface area contributed by atoms with Crippen LogP contribution in [0.2, 0.25) is 5.02 Å². The van der Waals surface area contributed by atoms with Crippen LogP contribution in [-0.4, -0.2) is 16.1 Å². The number of carbonyl (C=O) groups excluding carboxylic acids is 1. The van der Waals surface area contributed by atoms with Crippen LogP contribution in [0.1, 0.15) is 21.5 Å². The van der Waals surface area contributed by atoms with Crippen molar-refractivity contribution in [2.24, 2.45) is 0 Å². The lowest BCUT2D eigenvalue weighted by molar-refractivity contribution is 0.0941. The van der Waals surface area contributed by atoms with Gasteiger partial charge in [-0.3, -0.25) is 15.6 Å². The van der Waals surface area contributed by atoms with Crippen LogP contribution < -0.4 is 16.2 Å². The van der Waals surface area contributed by atoms with E-state index in [1.807, 2.05) is 32.0 Å². The van der Waals surface area contributed by atoms with E-state index in [1.54, 1.807) is 0 Å². The fourth-order valence-electron chi connectivity index (χ4n) is 1.91. The smallest absolute Gasteiger partial charge is 0.273 e. The molecule has 0 aromatic heterocycles. The highest BCUT2D eigenvalue weighted by molar-refractivity contribution is 7.80. The van der Waals surface area contributed by atoms with Gasteiger partial charge < -0.3 is 10.4 Å². The molecule has 0 aliphatic carbocycles. The first-order valence-corrected chi connectivity index (χ1v) is 7.59. The second kappa shape index (κ2) is 7.30. The van der Waals surface area contributed by atoms with Gasteiger partial charge in [-0.2, -0.15) is 0 Å². The maximum atomic E-state index is 12.0. The maximum Gasteiger partial charge on any atom is 0.273 e. The summed E-state index contributed by atoms with van der Waals surface area (Å²) in [5.74, 6) is -0.711. The number of carbonyl (C=O) groups is 1. The molecule has 0 saturated carbocycles. The number of hydrogen-bond acceptors (Lipinski definition) is 3. The molecule has 0 bridgehead atoms. The largest absolute Gasteiger partial charge is 0.507 e. The van der Waals surface area contributed by atoms with Crippen LogP contribution in [0.4, 0.5) is 5.69 Å². The average molecular weight is 350 g/mol. The number of rotatable bonds is 2. The zero-order chi connectivity index (χ0) is 17.0. The normalized spacial score (nSPS) is 10.0. The summed E-state index contributed by atoms with van der Waals surface area (Å²) in [5.41, 5.74) is 8.10. The van der Waals surface area contributed by atoms with Crippen molar-refractivity contribution in [1.29, 1.82) is 0 Å². The van der Waals surface area contributed by atoms with Gasteiger partial charge in [0, 0.05) is 10.7 Å². The van der Waals surface area contributed by atoms with E-state index < -0.39 is 5.91 Å². The lowest BCUT2D eigenvalue weighted by Gasteiger charge is -2.14. The molecule has 1 amide bonds. The third kappa shape index (κ3) is 4.34. The standard InChI is InChI=1S/C16H16ClN3O2S/c1-9-4-3-5-13(10(9)2)18-16(23)20-19-15(22)12-8-11(17)6-7-14(12)21/h3-8,21H,1-2H3,(H,19,22)(H2,18,20,23). The fourth-order valence-corrected chi connectivity index (χ4v) is 2.24. The summed E-state index contributed by atoms with van der Waals surface area (Å²) < 4.78 is 0. The lowest BCUT2D eigenvalue weighted by atomic mass is 10.1. The highest BCUT2D eigenvalue weighted by Gasteiger charge is 2.12. The van der Waals surface area contributed by atoms with Crippen molar-refractivity contribution >= 4 is 40.5 Å². The molecule has 120 valence electrons. The van der Waals surface area contributed by atoms with Crippen molar-refractivity contribution < 1.29 is 9.90 Å². The molecule has 0 unspecified atom stereocenters. The zero-order valence-corrected chi connectivity index (χ0v) is 14.2. The molecule has 4 N–H and O–H groups in total. The number of hydrazine groups is 1. The molecule has 0 spiro atoms. The molecular weight excluding hydrogens is 334 g/mol. The van der Waals surface area contributed by atoms with Crippen LogP contribution in [0.5, 0.6) is 5.75 Å². The van der Waals surface area contributed by atoms with Gasteiger partial charge in [-0.25, -0.2) is 0 Å². The van der Waals surface area contributed by atoms with Gasteiger partial charge in [-0.05, 0) is 61.5 Å². The van der Waals surface area contributed by atoms with Gasteiger partial charge in [0.15, 0.2) is 5.11 Å². The number of benzene rings is 2. The SMILES string of the molecule is Cc1cccc(NC(=S)NNC(=O)c2cc(Cl)ccc2O)c1C. The molecule has 0 fully saturated rings. The first-order chi connectivity index (χ1) is 10.9. The molecule has 0 heterocycles. The van der Waals surface area contributed by atoms with E-state index in [9.17, 15) is 9.90 Å². The highest BCUT2D eigenvalue weighted by Crippen LogP contribution is 2.21. The number of phenolic OH excluding ortho intramolecular Hbond substituents is 1. The molecule has 2 aromatic carbocycles. The third-order valence-electron chi connectivity index (χ3n) is 3.35. The summed E-state index contributed by atoms with van der Waals surface area (Å²) in [6, 6.07) is 10.0. The van der Waals surface area contributed by atoms with Crippen molar-refractivity contribution in [2.45, 2.75) is 13.8 Å². The van der Waals surface area contributed by atoms with E-state index >= 15 is 0 Å². The Morgan fingerprint density at radius 3 is 2.65 bits per heavy atom. The van der Waals surface area contributed by atoms with Crippen molar-refractivity contribution in [1.82, 2.24) is 10.9 Å². The van der Waals surface area contributed by atoms with E-state index in [-0.39, 0.29) is 16.4 Å². The summed E-state index contributed by atoms with van der Waals surface area (Å²) in [6.45, 7) is 3.98. The number of aromatic hydroxyl groups is 1. The highest BCUT2D eigenvalue weighted by atomic mass is 35.5. The first-order valence-electron chi connectivity index (χ1n) is 6.80. The number of halogens is 1. The minimum Gasteiger partial charge on any atom is -0.507 e. The lowest BCUT2D eigenvalue weighted by Crippen LogP contribution is -2.43. The average Bonchev–Trinajstić information content (AvgIpc) is 2.52. The Hall–Kier alpha value is -2.31. The molecule has 7 heteroatoms. The van der Waals surface area contributed by atoms with Crippen LogP contribution in [0.15, 0.2) is 36.4 Å². The Balaban J connectivity index is 1.98. The van der Waals surface area contributed by atoms with E-state index in [2.05, 4.69) is 16.2 Å². The predicted molar refractivity (Wildman–Crippen MR) is 95.9 cm³/mol. The van der Waals surface area contributed by atoms with Gasteiger partial charge >= 0.3 is 0 Å². The van der Waals surface area contributed by atoms with Gasteiger partial charge in [0.2, 0.25) is 0 Å². The van der Waals surface area contributed by atoms with Gasteiger partial charge in [0.1, 0.15) is 5.75 Å². The number of nitrogens with one attached hydrogen (secondary N) is 3. The number of phenols is 1. The molecule has 2 aromatic rings. The first kappa shape index (κ1) is 17.1. The van der Waals surface area contributed by atoms with Gasteiger partial charge in [0.05, 0.1) is 5.56 Å². The minimum atomic E-state index is -0.546. The van der Waals surface area contributed by atoms with Gasteiger partial charge in [0.25, 0.3) is 5.91 Å². The predicted octanol–water partition coefficient (Wildman–Crippen LogP) is 3.29. The zero-order valence-electron chi connectivity index (χ0n) is 12.6. The summed E-state index contributed by atoms with van der Waals surface area (Å²) in [6.07, 6.45) is 0. The molecule has 0 saturated heterocycles. The molecule has 5 nitrogen and oxygen atoms in total. The summed E-state index contributed by atoms with van der Waals surface area (Å²) in [4.78, 5) is 12.0. The van der Waals surface area contributed by atoms with Crippen LogP contribution >= 0.6 is 23.8 Å². The van der Waals surface area contributed by atoms with E-state index in [0.29, 0.717) is 5.02 Å². The molecule has 0 radical (unpaired) electrons. The minimum absolute atomic E-state index is 0.0551. The fraction of sp³-hybridized carbons (Fsp3) is 0.125. The summed E-state index contributed by atoms with van der Waals surface area (Å²) in [7, 11) is 0. The second-order valence-electron chi connectivity index (χ2n) is 4.94. The molecule has 2 rings (SSSR count). The Morgan fingerprint density at radius 1 is 1.17 bits per heavy atom. The van der Waals surface area contributed by atoms with Crippen LogP contribution in [0, 0.1) is 13.8 Å². The van der Waals surface area contributed by atoms with E-state index in [1.165, 1.54) is 18.2 Å². The monoisotopic (exact) mass is 349 g/mol. The van der Waals surface area contributed by atoms with E-state index in [4.69, 9.17) is 23.8 Å². The Labute approximate surface area is 144 Å². The summed E-state index contributed by atoms with van der Waals surface area (Å²) in [5, 5.41) is 13.3. The Kier molecular flexibility index (Phi) is 5.41. The van der Waals surface area contributed by atoms with Crippen LogP contribution in [0.3, 0.4) is 0 Å². The number of amides is 1. The molecule has 0 aliphatic heterocycles. The van der Waals surface area contributed by atoms with Crippen LogP contribution in [0.25, 0.3) is 0 Å². The molecule has 23 heavy (non-hydrogen) atoms. The van der Waals surface area contributed by atoms with Crippen molar-refractivity contribution in [3.05, 3.63) is 58.1 Å². The van der Waals surface area contributed by atoms with Crippen molar-refractivity contribution in [3.63, 3.8) is 0 Å². The maximum absolute atomic E-state index is 12.0. The second-order valence-corrected chi connectivity index (χ2v) is 5.79. The quantitative estimate of drug-likeness (QED) is 0.494. The van der Waals surface area contributed by atoms with Gasteiger partial charge in [-0.15, -0.1) is 0 Å². The van der Waals surface area contributed by atoms with Crippen molar-refractivity contribution in [2.75, 3.05) is 5.32 Å². The van der Waals surface area contributed by atoms with Crippen molar-refractivity contribution in [3.8, 4) is 5.75 Å². The summed E-state index contributed by atoms with van der Waals surface area (Å²) >= 11 is 11.0. The number of hydrogen-bond donors (Lipinski definition) is 4. The molecular formula is C16H16ClN3O2S. The number of aryl methyl sites for hydroxylation is 1. The molecule has 0 atom stereocenters. The Morgan fingerprint density at radius 2 is 1.91 bits per heavy atom. The molecule has 0 aliphatic rings. The number of anilines is 1. The third-order valence-corrected chi connectivity index (χ3v) is 3.78.